The van der Waals surface area contributed by atoms with Crippen LogP contribution in [0.25, 0.3) is 0 Å². The number of benzene rings is 2. The van der Waals surface area contributed by atoms with E-state index in [0.29, 0.717) is 18.9 Å². The van der Waals surface area contributed by atoms with E-state index < -0.39 is 0 Å². The van der Waals surface area contributed by atoms with E-state index in [1.165, 1.54) is 0 Å². The van der Waals surface area contributed by atoms with Gasteiger partial charge < -0.3 is 24.8 Å². The Balaban J connectivity index is 1.70. The molecular weight excluding hydrogens is 330 g/mol. The molecule has 0 radical (unpaired) electrons. The highest BCUT2D eigenvalue weighted by atomic mass is 16.5. The van der Waals surface area contributed by atoms with Crippen molar-refractivity contribution in [3.8, 4) is 17.2 Å². The summed E-state index contributed by atoms with van der Waals surface area (Å²) in [5.74, 6) is 3.08. The maximum absolute atomic E-state index is 5.67. The van der Waals surface area contributed by atoms with Crippen LogP contribution in [0.3, 0.4) is 0 Å². The topological polar surface area (TPSA) is 64.1 Å². The monoisotopic (exact) mass is 357 g/mol. The second kappa shape index (κ2) is 10.9. The summed E-state index contributed by atoms with van der Waals surface area (Å²) < 4.78 is 16.3. The Kier molecular flexibility index (Phi) is 8.12. The standard InChI is InChI=1S/C20H27N3O3/c1-21-20(22-12-7-13-26-17-8-5-4-6-9-17)23-15-16-10-11-18(24-2)19(14-16)25-3/h4-6,8-11,14H,7,12-13,15H2,1-3H3,(H2,21,22,23). The van der Waals surface area contributed by atoms with Crippen LogP contribution >= 0.6 is 0 Å². The van der Waals surface area contributed by atoms with E-state index in [-0.39, 0.29) is 0 Å². The van der Waals surface area contributed by atoms with Gasteiger partial charge in [0.05, 0.1) is 20.8 Å². The molecule has 2 rings (SSSR count). The summed E-state index contributed by atoms with van der Waals surface area (Å²) in [5, 5.41) is 6.56. The van der Waals surface area contributed by atoms with Crippen LogP contribution < -0.4 is 24.8 Å². The third-order valence-electron chi connectivity index (χ3n) is 3.76. The number of nitrogens with one attached hydrogen (secondary N) is 2. The number of guanidine groups is 1. The highest BCUT2D eigenvalue weighted by molar-refractivity contribution is 5.79. The largest absolute Gasteiger partial charge is 0.494 e. The van der Waals surface area contributed by atoms with Gasteiger partial charge in [0.25, 0.3) is 0 Å². The third-order valence-corrected chi connectivity index (χ3v) is 3.76. The van der Waals surface area contributed by atoms with E-state index in [9.17, 15) is 0 Å². The van der Waals surface area contributed by atoms with Gasteiger partial charge in [-0.2, -0.15) is 0 Å². The molecule has 0 amide bonds. The van der Waals surface area contributed by atoms with E-state index in [0.717, 1.165) is 36.0 Å². The normalized spacial score (nSPS) is 11.0. The van der Waals surface area contributed by atoms with Gasteiger partial charge in [-0.25, -0.2) is 0 Å². The second-order valence-electron chi connectivity index (χ2n) is 5.56. The van der Waals surface area contributed by atoms with Gasteiger partial charge in [0.1, 0.15) is 5.75 Å². The van der Waals surface area contributed by atoms with Crippen molar-refractivity contribution >= 4 is 5.96 Å². The average Bonchev–Trinajstić information content (AvgIpc) is 2.70. The Morgan fingerprint density at radius 2 is 1.73 bits per heavy atom. The average molecular weight is 357 g/mol. The van der Waals surface area contributed by atoms with Crippen LogP contribution in [-0.4, -0.2) is 40.4 Å². The molecule has 0 aliphatic carbocycles. The number of aliphatic imine (C=N–C) groups is 1. The Labute approximate surface area is 155 Å². The first-order valence-corrected chi connectivity index (χ1v) is 8.60. The van der Waals surface area contributed by atoms with E-state index in [4.69, 9.17) is 14.2 Å². The van der Waals surface area contributed by atoms with E-state index >= 15 is 0 Å². The first-order chi connectivity index (χ1) is 12.8. The molecule has 0 aliphatic heterocycles. The summed E-state index contributed by atoms with van der Waals surface area (Å²) in [7, 11) is 5.01. The minimum absolute atomic E-state index is 0.639. The van der Waals surface area contributed by atoms with Crippen LogP contribution in [0.15, 0.2) is 53.5 Å². The van der Waals surface area contributed by atoms with Crippen molar-refractivity contribution in [1.29, 1.82) is 0 Å². The molecule has 0 heterocycles. The number of hydrogen-bond acceptors (Lipinski definition) is 4. The molecule has 0 unspecified atom stereocenters. The zero-order valence-electron chi connectivity index (χ0n) is 15.6. The van der Waals surface area contributed by atoms with Gasteiger partial charge in [-0.3, -0.25) is 4.99 Å². The van der Waals surface area contributed by atoms with Gasteiger partial charge in [-0.1, -0.05) is 24.3 Å². The van der Waals surface area contributed by atoms with Crippen LogP contribution in [0, 0.1) is 0 Å². The van der Waals surface area contributed by atoms with Crippen molar-refractivity contribution in [1.82, 2.24) is 10.6 Å². The van der Waals surface area contributed by atoms with Crippen molar-refractivity contribution in [2.75, 3.05) is 34.4 Å². The van der Waals surface area contributed by atoms with Gasteiger partial charge in [-0.15, -0.1) is 0 Å². The van der Waals surface area contributed by atoms with Crippen molar-refractivity contribution in [2.45, 2.75) is 13.0 Å². The summed E-state index contributed by atoms with van der Waals surface area (Å²) in [5.41, 5.74) is 1.08. The predicted molar refractivity (Wildman–Crippen MR) is 104 cm³/mol. The van der Waals surface area contributed by atoms with Gasteiger partial charge >= 0.3 is 0 Å². The lowest BCUT2D eigenvalue weighted by Gasteiger charge is -2.13. The van der Waals surface area contributed by atoms with Crippen LogP contribution in [-0.2, 0) is 6.54 Å². The van der Waals surface area contributed by atoms with Crippen LogP contribution in [0.2, 0.25) is 0 Å². The molecular formula is C20H27N3O3. The molecule has 2 aromatic rings. The Hall–Kier alpha value is -2.89. The van der Waals surface area contributed by atoms with Crippen LogP contribution in [0.1, 0.15) is 12.0 Å². The fourth-order valence-electron chi connectivity index (χ4n) is 2.38. The number of methoxy groups -OCH3 is 2. The van der Waals surface area contributed by atoms with Gasteiger partial charge in [0.2, 0.25) is 0 Å². The lowest BCUT2D eigenvalue weighted by Crippen LogP contribution is -2.37. The van der Waals surface area contributed by atoms with Gasteiger partial charge in [0, 0.05) is 20.1 Å². The number of rotatable bonds is 9. The maximum atomic E-state index is 5.67. The molecule has 0 atom stereocenters. The quantitative estimate of drug-likeness (QED) is 0.410. The lowest BCUT2D eigenvalue weighted by atomic mass is 10.2. The zero-order chi connectivity index (χ0) is 18.6. The zero-order valence-corrected chi connectivity index (χ0v) is 15.6. The van der Waals surface area contributed by atoms with E-state index in [1.54, 1.807) is 21.3 Å². The Morgan fingerprint density at radius 1 is 0.962 bits per heavy atom. The molecule has 2 aromatic carbocycles. The second-order valence-corrected chi connectivity index (χ2v) is 5.56. The number of nitrogens with zero attached hydrogens (tertiary/aromatic N) is 1. The van der Waals surface area contributed by atoms with Crippen molar-refractivity contribution < 1.29 is 14.2 Å². The molecule has 0 bridgehead atoms. The first kappa shape index (κ1) is 19.4. The molecule has 6 nitrogen and oxygen atoms in total. The molecule has 0 aliphatic rings. The van der Waals surface area contributed by atoms with Gasteiger partial charge in [-0.05, 0) is 36.2 Å². The molecule has 0 aromatic heterocycles. The van der Waals surface area contributed by atoms with Crippen molar-refractivity contribution in [2.24, 2.45) is 4.99 Å². The predicted octanol–water partition coefficient (Wildman–Crippen LogP) is 2.84. The molecule has 6 heteroatoms. The third kappa shape index (κ3) is 6.20. The number of ether oxygens (including phenoxy) is 3. The summed E-state index contributed by atoms with van der Waals surface area (Å²) in [6.07, 6.45) is 0.881. The molecule has 26 heavy (non-hydrogen) atoms. The Morgan fingerprint density at radius 3 is 2.42 bits per heavy atom. The minimum atomic E-state index is 0.639. The Bertz CT molecular complexity index is 690. The number of para-hydroxylation sites is 1. The van der Waals surface area contributed by atoms with Crippen LogP contribution in [0.4, 0.5) is 0 Å². The fraction of sp³-hybridized carbons (Fsp3) is 0.350. The van der Waals surface area contributed by atoms with E-state index in [2.05, 4.69) is 15.6 Å². The summed E-state index contributed by atoms with van der Waals surface area (Å²) in [4.78, 5) is 4.23. The minimum Gasteiger partial charge on any atom is -0.494 e. The molecule has 0 saturated carbocycles. The van der Waals surface area contributed by atoms with Gasteiger partial charge in [0.15, 0.2) is 17.5 Å². The van der Waals surface area contributed by atoms with Crippen molar-refractivity contribution in [3.05, 3.63) is 54.1 Å². The molecule has 0 spiro atoms. The number of hydrogen-bond donors (Lipinski definition) is 2. The van der Waals surface area contributed by atoms with E-state index in [1.807, 2.05) is 48.5 Å². The fourth-order valence-corrected chi connectivity index (χ4v) is 2.38. The van der Waals surface area contributed by atoms with Crippen LogP contribution in [0.5, 0.6) is 17.2 Å². The maximum Gasteiger partial charge on any atom is 0.191 e. The summed E-state index contributed by atoms with van der Waals surface area (Å²) >= 11 is 0. The lowest BCUT2D eigenvalue weighted by molar-refractivity contribution is 0.311. The first-order valence-electron chi connectivity index (χ1n) is 8.60. The highest BCUT2D eigenvalue weighted by Gasteiger charge is 2.05. The summed E-state index contributed by atoms with van der Waals surface area (Å²) in [6.45, 7) is 2.07. The molecule has 140 valence electrons. The molecule has 2 N–H and O–H groups in total. The van der Waals surface area contributed by atoms with Crippen molar-refractivity contribution in [3.63, 3.8) is 0 Å². The summed E-state index contributed by atoms with van der Waals surface area (Å²) in [6, 6.07) is 15.7. The SMILES string of the molecule is CN=C(NCCCOc1ccccc1)NCc1ccc(OC)c(OC)c1. The highest BCUT2D eigenvalue weighted by Crippen LogP contribution is 2.27. The smallest absolute Gasteiger partial charge is 0.191 e. The molecule has 0 saturated heterocycles. The molecule has 0 fully saturated rings.